The summed E-state index contributed by atoms with van der Waals surface area (Å²) in [6, 6.07) is 0. The van der Waals surface area contributed by atoms with Crippen LogP contribution in [0.3, 0.4) is 0 Å². The highest BCUT2D eigenvalue weighted by Crippen LogP contribution is 2.13. The molecule has 0 amide bonds. The molecule has 0 saturated heterocycles. The molecule has 0 fully saturated rings. The van der Waals surface area contributed by atoms with Crippen LogP contribution in [0.4, 0.5) is 0 Å². The van der Waals surface area contributed by atoms with Crippen LogP contribution in [-0.4, -0.2) is 38.6 Å². The van der Waals surface area contributed by atoms with Crippen molar-refractivity contribution in [2.24, 2.45) is 5.41 Å². The Morgan fingerprint density at radius 2 is 1.79 bits per heavy atom. The lowest BCUT2D eigenvalue weighted by Crippen LogP contribution is -2.37. The standard InChI is InChI=1S/C12H28N2/c1-6-7-8-9-13-10-12(2,3)11-14(4)5/h13H,6-11H2,1-5H3. The summed E-state index contributed by atoms with van der Waals surface area (Å²) < 4.78 is 0. The number of hydrogen-bond acceptors (Lipinski definition) is 2. The molecule has 14 heavy (non-hydrogen) atoms. The van der Waals surface area contributed by atoms with Crippen molar-refractivity contribution in [3.8, 4) is 0 Å². The van der Waals surface area contributed by atoms with Crippen LogP contribution in [0.2, 0.25) is 0 Å². The number of nitrogens with zero attached hydrogens (tertiary/aromatic N) is 1. The third-order valence-corrected chi connectivity index (χ3v) is 2.30. The van der Waals surface area contributed by atoms with E-state index in [1.165, 1.54) is 25.8 Å². The van der Waals surface area contributed by atoms with Crippen LogP contribution >= 0.6 is 0 Å². The Hall–Kier alpha value is -0.0800. The van der Waals surface area contributed by atoms with Gasteiger partial charge in [-0.3, -0.25) is 0 Å². The first-order chi connectivity index (χ1) is 6.48. The molecule has 0 aromatic rings. The molecule has 0 aromatic carbocycles. The summed E-state index contributed by atoms with van der Waals surface area (Å²) in [6.07, 6.45) is 3.97. The Morgan fingerprint density at radius 1 is 1.14 bits per heavy atom. The van der Waals surface area contributed by atoms with Crippen molar-refractivity contribution in [2.45, 2.75) is 40.0 Å². The monoisotopic (exact) mass is 200 g/mol. The predicted octanol–water partition coefficient (Wildman–Crippen LogP) is 2.35. The number of hydrogen-bond donors (Lipinski definition) is 1. The Labute approximate surface area is 90.1 Å². The van der Waals surface area contributed by atoms with Gasteiger partial charge in [-0.2, -0.15) is 0 Å². The molecule has 0 aliphatic carbocycles. The molecule has 0 bridgehead atoms. The summed E-state index contributed by atoms with van der Waals surface area (Å²) in [5.74, 6) is 0. The van der Waals surface area contributed by atoms with Crippen LogP contribution < -0.4 is 5.32 Å². The predicted molar refractivity (Wildman–Crippen MR) is 64.7 cm³/mol. The van der Waals surface area contributed by atoms with Crippen molar-refractivity contribution in [3.63, 3.8) is 0 Å². The lowest BCUT2D eigenvalue weighted by atomic mass is 9.93. The van der Waals surface area contributed by atoms with Crippen molar-refractivity contribution in [3.05, 3.63) is 0 Å². The molecule has 0 heterocycles. The summed E-state index contributed by atoms with van der Waals surface area (Å²) in [7, 11) is 4.28. The van der Waals surface area contributed by atoms with Crippen molar-refractivity contribution >= 4 is 0 Å². The Morgan fingerprint density at radius 3 is 2.29 bits per heavy atom. The maximum Gasteiger partial charge on any atom is 0.00387 e. The summed E-state index contributed by atoms with van der Waals surface area (Å²) in [6.45, 7) is 10.3. The fourth-order valence-corrected chi connectivity index (χ4v) is 1.84. The van der Waals surface area contributed by atoms with E-state index < -0.39 is 0 Å². The van der Waals surface area contributed by atoms with Gasteiger partial charge in [-0.05, 0) is 32.5 Å². The summed E-state index contributed by atoms with van der Waals surface area (Å²) in [4.78, 5) is 2.26. The molecular formula is C12H28N2. The molecule has 86 valence electrons. The van der Waals surface area contributed by atoms with Gasteiger partial charge < -0.3 is 10.2 Å². The van der Waals surface area contributed by atoms with Crippen molar-refractivity contribution in [1.82, 2.24) is 10.2 Å². The number of nitrogens with one attached hydrogen (secondary N) is 1. The average Bonchev–Trinajstić information content (AvgIpc) is 2.01. The second kappa shape index (κ2) is 7.24. The number of unbranched alkanes of at least 4 members (excludes halogenated alkanes) is 2. The molecule has 1 N–H and O–H groups in total. The fraction of sp³-hybridized carbons (Fsp3) is 1.00. The highest BCUT2D eigenvalue weighted by molar-refractivity contribution is 4.73. The molecule has 2 nitrogen and oxygen atoms in total. The minimum atomic E-state index is 0.385. The zero-order valence-corrected chi connectivity index (χ0v) is 10.7. The molecule has 0 unspecified atom stereocenters. The van der Waals surface area contributed by atoms with E-state index in [0.717, 1.165) is 13.1 Å². The molecule has 0 rings (SSSR count). The second-order valence-corrected chi connectivity index (χ2v) is 5.29. The van der Waals surface area contributed by atoms with Gasteiger partial charge in [0.15, 0.2) is 0 Å². The molecule has 2 heteroatoms. The maximum absolute atomic E-state index is 3.54. The van der Waals surface area contributed by atoms with E-state index in [-0.39, 0.29) is 0 Å². The zero-order chi connectivity index (χ0) is 11.0. The SMILES string of the molecule is CCCCCNCC(C)(C)CN(C)C. The van der Waals surface area contributed by atoms with E-state index in [9.17, 15) is 0 Å². The first kappa shape index (κ1) is 13.9. The van der Waals surface area contributed by atoms with Gasteiger partial charge in [0.2, 0.25) is 0 Å². The lowest BCUT2D eigenvalue weighted by Gasteiger charge is -2.28. The van der Waals surface area contributed by atoms with Crippen LogP contribution in [0.15, 0.2) is 0 Å². The summed E-state index contributed by atoms with van der Waals surface area (Å²) in [5.41, 5.74) is 0.385. The Bertz CT molecular complexity index is 130. The van der Waals surface area contributed by atoms with Gasteiger partial charge in [-0.1, -0.05) is 33.6 Å². The third-order valence-electron chi connectivity index (χ3n) is 2.30. The Balaban J connectivity index is 3.45. The summed E-state index contributed by atoms with van der Waals surface area (Å²) >= 11 is 0. The quantitative estimate of drug-likeness (QED) is 0.605. The van der Waals surface area contributed by atoms with Crippen LogP contribution in [0.25, 0.3) is 0 Å². The lowest BCUT2D eigenvalue weighted by molar-refractivity contribution is 0.232. The van der Waals surface area contributed by atoms with Crippen molar-refractivity contribution in [1.29, 1.82) is 0 Å². The number of rotatable bonds is 8. The van der Waals surface area contributed by atoms with Crippen LogP contribution in [-0.2, 0) is 0 Å². The largest absolute Gasteiger partial charge is 0.316 e. The highest BCUT2D eigenvalue weighted by Gasteiger charge is 2.17. The van der Waals surface area contributed by atoms with Gasteiger partial charge in [-0.25, -0.2) is 0 Å². The highest BCUT2D eigenvalue weighted by atomic mass is 15.1. The second-order valence-electron chi connectivity index (χ2n) is 5.29. The van der Waals surface area contributed by atoms with Gasteiger partial charge in [-0.15, -0.1) is 0 Å². The Kier molecular flexibility index (Phi) is 7.20. The molecule has 0 atom stereocenters. The normalized spacial score (nSPS) is 12.4. The van der Waals surface area contributed by atoms with Crippen molar-refractivity contribution < 1.29 is 0 Å². The topological polar surface area (TPSA) is 15.3 Å². The van der Waals surface area contributed by atoms with Crippen LogP contribution in [0.1, 0.15) is 40.0 Å². The molecule has 0 spiro atoms. The maximum atomic E-state index is 3.54. The van der Waals surface area contributed by atoms with Crippen molar-refractivity contribution in [2.75, 3.05) is 33.7 Å². The minimum Gasteiger partial charge on any atom is -0.316 e. The molecule has 0 aliphatic rings. The van der Waals surface area contributed by atoms with Crippen LogP contribution in [0, 0.1) is 5.41 Å². The summed E-state index contributed by atoms with van der Waals surface area (Å²) in [5, 5.41) is 3.54. The molecule has 0 radical (unpaired) electrons. The first-order valence-corrected chi connectivity index (χ1v) is 5.83. The molecule has 0 aromatic heterocycles. The van der Waals surface area contributed by atoms with Gasteiger partial charge >= 0.3 is 0 Å². The molecule has 0 saturated carbocycles. The van der Waals surface area contributed by atoms with Gasteiger partial charge in [0.05, 0.1) is 0 Å². The van der Waals surface area contributed by atoms with E-state index in [1.54, 1.807) is 0 Å². The minimum absolute atomic E-state index is 0.385. The van der Waals surface area contributed by atoms with Crippen LogP contribution in [0.5, 0.6) is 0 Å². The van der Waals surface area contributed by atoms with E-state index in [1.807, 2.05) is 0 Å². The first-order valence-electron chi connectivity index (χ1n) is 5.83. The van der Waals surface area contributed by atoms with E-state index in [0.29, 0.717) is 5.41 Å². The fourth-order valence-electron chi connectivity index (χ4n) is 1.84. The van der Waals surface area contributed by atoms with Gasteiger partial charge in [0.25, 0.3) is 0 Å². The smallest absolute Gasteiger partial charge is 0.00387 e. The molecular weight excluding hydrogens is 172 g/mol. The molecule has 0 aliphatic heterocycles. The zero-order valence-electron chi connectivity index (χ0n) is 10.7. The van der Waals surface area contributed by atoms with Gasteiger partial charge in [0, 0.05) is 13.1 Å². The van der Waals surface area contributed by atoms with E-state index in [4.69, 9.17) is 0 Å². The van der Waals surface area contributed by atoms with Gasteiger partial charge in [0.1, 0.15) is 0 Å². The van der Waals surface area contributed by atoms with E-state index in [2.05, 4.69) is 45.1 Å². The van der Waals surface area contributed by atoms with E-state index >= 15 is 0 Å². The third kappa shape index (κ3) is 8.52. The average molecular weight is 200 g/mol.